The first-order chi connectivity index (χ1) is 17.7. The van der Waals surface area contributed by atoms with Crippen molar-refractivity contribution in [3.8, 4) is 22.8 Å². The van der Waals surface area contributed by atoms with Gasteiger partial charge in [0.15, 0.2) is 0 Å². The second kappa shape index (κ2) is 13.2. The fraction of sp³-hybridized carbons (Fsp3) is 0.379. The fourth-order valence-corrected chi connectivity index (χ4v) is 4.31. The zero-order chi connectivity index (χ0) is 26.9. The molecule has 0 radical (unpaired) electrons. The van der Waals surface area contributed by atoms with E-state index >= 15 is 0 Å². The first kappa shape index (κ1) is 28.1. The lowest BCUT2D eigenvalue weighted by Crippen LogP contribution is -2.36. The number of aromatic nitrogens is 1. The Bertz CT molecular complexity index is 1190. The molecular weight excluding hydrogens is 471 g/mol. The third-order valence-electron chi connectivity index (χ3n) is 6.28. The second-order valence-electron chi connectivity index (χ2n) is 9.56. The van der Waals surface area contributed by atoms with Crippen LogP contribution in [-0.2, 0) is 24.4 Å². The summed E-state index contributed by atoms with van der Waals surface area (Å²) in [6.07, 6.45) is 2.07. The monoisotopic (exact) mass is 508 g/mol. The zero-order valence-corrected chi connectivity index (χ0v) is 22.3. The third kappa shape index (κ3) is 7.74. The molecule has 0 saturated heterocycles. The van der Waals surface area contributed by atoms with E-state index in [1.54, 1.807) is 6.07 Å². The summed E-state index contributed by atoms with van der Waals surface area (Å²) in [6, 6.07) is 15.9. The van der Waals surface area contributed by atoms with Crippen LogP contribution in [0.2, 0.25) is 0 Å². The number of nitrogens with two attached hydrogens (primary N) is 1. The summed E-state index contributed by atoms with van der Waals surface area (Å²) in [4.78, 5) is 17.8. The summed E-state index contributed by atoms with van der Waals surface area (Å²) in [5, 5.41) is 0. The van der Waals surface area contributed by atoms with Crippen LogP contribution < -0.4 is 20.7 Å². The van der Waals surface area contributed by atoms with Gasteiger partial charge in [0.25, 0.3) is 0 Å². The molecule has 198 valence electrons. The maximum atomic E-state index is 14.9. The van der Waals surface area contributed by atoms with Crippen molar-refractivity contribution >= 4 is 5.91 Å². The Morgan fingerprint density at radius 2 is 1.81 bits per heavy atom. The van der Waals surface area contributed by atoms with Gasteiger partial charge in [-0.3, -0.25) is 15.1 Å². The number of amides is 1. The van der Waals surface area contributed by atoms with E-state index in [0.29, 0.717) is 55.3 Å². The van der Waals surface area contributed by atoms with Gasteiger partial charge in [0.2, 0.25) is 11.8 Å². The highest BCUT2D eigenvalue weighted by molar-refractivity contribution is 5.75. The second-order valence-corrected chi connectivity index (χ2v) is 9.56. The molecule has 0 bridgehead atoms. The van der Waals surface area contributed by atoms with E-state index in [0.717, 1.165) is 22.3 Å². The number of nitrogens with zero attached hydrogens (tertiary/aromatic N) is 2. The first-order valence-corrected chi connectivity index (χ1v) is 12.5. The number of methoxy groups -OCH3 is 1. The van der Waals surface area contributed by atoms with Crippen molar-refractivity contribution in [3.63, 3.8) is 0 Å². The Labute approximate surface area is 218 Å². The van der Waals surface area contributed by atoms with Crippen molar-refractivity contribution in [2.75, 3.05) is 7.11 Å². The van der Waals surface area contributed by atoms with Crippen molar-refractivity contribution in [2.24, 2.45) is 5.84 Å². The minimum atomic E-state index is -0.396. The van der Waals surface area contributed by atoms with Crippen LogP contribution in [-0.4, -0.2) is 35.0 Å². The molecule has 3 rings (SSSR count). The van der Waals surface area contributed by atoms with Gasteiger partial charge < -0.3 is 9.47 Å². The van der Waals surface area contributed by atoms with Crippen molar-refractivity contribution < 1.29 is 18.7 Å². The lowest BCUT2D eigenvalue weighted by Gasteiger charge is -2.31. The number of carbonyl (C=O) groups excluding carboxylic acids is 1. The maximum Gasteiger partial charge on any atom is 0.234 e. The minimum Gasteiger partial charge on any atom is -0.489 e. The van der Waals surface area contributed by atoms with Gasteiger partial charge in [0.05, 0.1) is 13.3 Å². The predicted molar refractivity (Wildman–Crippen MR) is 143 cm³/mol. The first-order valence-electron chi connectivity index (χ1n) is 12.5. The Morgan fingerprint density at radius 1 is 1.05 bits per heavy atom. The number of benzene rings is 2. The molecule has 8 heteroatoms. The van der Waals surface area contributed by atoms with E-state index < -0.39 is 5.82 Å². The van der Waals surface area contributed by atoms with E-state index in [1.165, 1.54) is 13.3 Å². The van der Waals surface area contributed by atoms with Gasteiger partial charge >= 0.3 is 0 Å². The van der Waals surface area contributed by atoms with Gasteiger partial charge in [0, 0.05) is 36.7 Å². The molecule has 0 atom stereocenters. The number of ether oxygens (including phenoxy) is 2. The summed E-state index contributed by atoms with van der Waals surface area (Å²) in [5.41, 5.74) is 6.36. The van der Waals surface area contributed by atoms with E-state index in [-0.39, 0.29) is 5.91 Å². The van der Waals surface area contributed by atoms with Crippen molar-refractivity contribution in [3.05, 3.63) is 77.2 Å². The molecule has 0 aliphatic carbocycles. The Balaban J connectivity index is 1.88. The van der Waals surface area contributed by atoms with Crippen LogP contribution in [0.1, 0.15) is 50.8 Å². The number of nitrogens with one attached hydrogen (secondary N) is 1. The normalized spacial score (nSPS) is 11.3. The molecule has 2 aromatic carbocycles. The average molecular weight is 509 g/mol. The maximum absolute atomic E-state index is 14.9. The number of hydrazine groups is 1. The number of aryl methyl sites for hydroxylation is 1. The summed E-state index contributed by atoms with van der Waals surface area (Å²) in [5.74, 6) is 5.64. The van der Waals surface area contributed by atoms with E-state index in [2.05, 4.69) is 49.1 Å². The number of rotatable bonds is 12. The molecule has 3 N–H and O–H groups in total. The standard InChI is InChI=1S/C29H37FN4O3/c1-19(2)34(20(3)4)17-23-13-22(9-11-25(23)26-15-29(36-5)32-16-27(26)30)18-37-24-8-6-7-21(14-24)10-12-28(35)33-31/h6-9,11,13-16,19-20H,10,12,17-18,31H2,1-5H3,(H,33,35). The fourth-order valence-electron chi connectivity index (χ4n) is 4.31. The Hall–Kier alpha value is -3.49. The smallest absolute Gasteiger partial charge is 0.234 e. The van der Waals surface area contributed by atoms with Crippen LogP contribution in [0.4, 0.5) is 4.39 Å². The van der Waals surface area contributed by atoms with Crippen LogP contribution in [0, 0.1) is 5.82 Å². The molecule has 0 aliphatic rings. The molecule has 0 fully saturated rings. The van der Waals surface area contributed by atoms with Gasteiger partial charge in [-0.2, -0.15) is 0 Å². The number of pyridine rings is 1. The van der Waals surface area contributed by atoms with Gasteiger partial charge in [0.1, 0.15) is 18.2 Å². The molecule has 37 heavy (non-hydrogen) atoms. The molecule has 0 aliphatic heterocycles. The van der Waals surface area contributed by atoms with Gasteiger partial charge in [-0.05, 0) is 68.5 Å². The summed E-state index contributed by atoms with van der Waals surface area (Å²) < 4.78 is 26.2. The van der Waals surface area contributed by atoms with E-state index in [9.17, 15) is 9.18 Å². The molecule has 0 unspecified atom stereocenters. The molecule has 1 aromatic heterocycles. The Morgan fingerprint density at radius 3 is 2.49 bits per heavy atom. The van der Waals surface area contributed by atoms with Crippen LogP contribution in [0.15, 0.2) is 54.7 Å². The summed E-state index contributed by atoms with van der Waals surface area (Å²) in [6.45, 7) is 9.64. The number of hydrogen-bond donors (Lipinski definition) is 2. The van der Waals surface area contributed by atoms with Crippen LogP contribution in [0.5, 0.6) is 11.6 Å². The summed E-state index contributed by atoms with van der Waals surface area (Å²) in [7, 11) is 1.52. The lowest BCUT2D eigenvalue weighted by molar-refractivity contribution is -0.121. The molecule has 1 heterocycles. The van der Waals surface area contributed by atoms with Crippen molar-refractivity contribution in [1.82, 2.24) is 15.3 Å². The Kier molecular flexibility index (Phi) is 10.00. The number of carbonyl (C=O) groups is 1. The SMILES string of the molecule is COc1cc(-c2ccc(COc3cccc(CCC(=O)NN)c3)cc2CN(C(C)C)C(C)C)c(F)cn1. The predicted octanol–water partition coefficient (Wildman–Crippen LogP) is 5.02. The number of halogens is 1. The van der Waals surface area contributed by atoms with Crippen LogP contribution in [0.25, 0.3) is 11.1 Å². The highest BCUT2D eigenvalue weighted by Gasteiger charge is 2.19. The lowest BCUT2D eigenvalue weighted by atomic mass is 9.96. The zero-order valence-electron chi connectivity index (χ0n) is 22.3. The average Bonchev–Trinajstić information content (AvgIpc) is 2.89. The van der Waals surface area contributed by atoms with Crippen LogP contribution in [0.3, 0.4) is 0 Å². The summed E-state index contributed by atoms with van der Waals surface area (Å²) >= 11 is 0. The van der Waals surface area contributed by atoms with E-state index in [4.69, 9.17) is 15.3 Å². The molecule has 7 nitrogen and oxygen atoms in total. The van der Waals surface area contributed by atoms with Gasteiger partial charge in [-0.15, -0.1) is 0 Å². The van der Waals surface area contributed by atoms with Gasteiger partial charge in [-0.1, -0.05) is 30.3 Å². The molecule has 1 amide bonds. The molecule has 3 aromatic rings. The van der Waals surface area contributed by atoms with Gasteiger partial charge in [-0.25, -0.2) is 15.2 Å². The topological polar surface area (TPSA) is 89.7 Å². The van der Waals surface area contributed by atoms with Crippen LogP contribution >= 0.6 is 0 Å². The largest absolute Gasteiger partial charge is 0.489 e. The third-order valence-corrected chi connectivity index (χ3v) is 6.28. The highest BCUT2D eigenvalue weighted by Crippen LogP contribution is 2.31. The highest BCUT2D eigenvalue weighted by atomic mass is 19.1. The quantitative estimate of drug-likeness (QED) is 0.203. The number of hydrogen-bond acceptors (Lipinski definition) is 6. The van der Waals surface area contributed by atoms with E-state index in [1.807, 2.05) is 36.4 Å². The molecule has 0 spiro atoms. The van der Waals surface area contributed by atoms with Crippen molar-refractivity contribution in [1.29, 1.82) is 0 Å². The minimum absolute atomic E-state index is 0.209. The molecular formula is C29H37FN4O3. The van der Waals surface area contributed by atoms with Crippen molar-refractivity contribution in [2.45, 2.75) is 65.8 Å². The molecule has 0 saturated carbocycles.